The average molecular weight is 438 g/mol. The molecule has 122 valence electrons. The number of benzene rings is 1. The Kier molecular flexibility index (Phi) is 8.67. The van der Waals surface area contributed by atoms with Crippen LogP contribution < -0.4 is 0 Å². The first-order valence-electron chi connectivity index (χ1n) is 6.83. The highest BCUT2D eigenvalue weighted by Crippen LogP contribution is 2.24. The molecule has 1 aromatic carbocycles. The molecule has 0 aliphatic rings. The lowest BCUT2D eigenvalue weighted by Crippen LogP contribution is -2.37. The molecule has 0 heterocycles. The van der Waals surface area contributed by atoms with Gasteiger partial charge >= 0.3 is 11.9 Å². The van der Waals surface area contributed by atoms with Crippen molar-refractivity contribution in [2.45, 2.75) is 26.1 Å². The summed E-state index contributed by atoms with van der Waals surface area (Å²) in [6.45, 7) is 3.65. The molecule has 0 aliphatic carbocycles. The molecule has 0 aliphatic heterocycles. The van der Waals surface area contributed by atoms with E-state index in [1.165, 1.54) is 0 Å². The SMILES string of the molecule is CCOC(=O)C(OC(CBr)c1ccc(Br)cc1)C(=O)OCC. The second-order valence-corrected chi connectivity index (χ2v) is 5.78. The first-order chi connectivity index (χ1) is 10.5. The minimum Gasteiger partial charge on any atom is -0.464 e. The van der Waals surface area contributed by atoms with Gasteiger partial charge in [-0.1, -0.05) is 44.0 Å². The molecule has 1 atom stereocenters. The summed E-state index contributed by atoms with van der Waals surface area (Å²) >= 11 is 6.69. The molecule has 1 unspecified atom stereocenters. The molecule has 1 rings (SSSR count). The molecule has 1 aromatic rings. The van der Waals surface area contributed by atoms with Crippen molar-refractivity contribution in [2.24, 2.45) is 0 Å². The van der Waals surface area contributed by atoms with Gasteiger partial charge in [-0.15, -0.1) is 0 Å². The summed E-state index contributed by atoms with van der Waals surface area (Å²) in [6, 6.07) is 7.42. The average Bonchev–Trinajstić information content (AvgIpc) is 2.50. The Labute approximate surface area is 146 Å². The van der Waals surface area contributed by atoms with Gasteiger partial charge in [0, 0.05) is 9.80 Å². The minimum absolute atomic E-state index is 0.162. The van der Waals surface area contributed by atoms with Gasteiger partial charge in [0.2, 0.25) is 0 Å². The zero-order valence-corrected chi connectivity index (χ0v) is 15.6. The number of ether oxygens (including phenoxy) is 3. The van der Waals surface area contributed by atoms with Crippen LogP contribution in [-0.4, -0.2) is 36.6 Å². The summed E-state index contributed by atoms with van der Waals surface area (Å²) in [7, 11) is 0. The first-order valence-corrected chi connectivity index (χ1v) is 8.75. The maximum absolute atomic E-state index is 11.9. The van der Waals surface area contributed by atoms with Gasteiger partial charge in [-0.2, -0.15) is 0 Å². The number of hydrogen-bond acceptors (Lipinski definition) is 5. The molecular formula is C15H18Br2O5. The third-order valence-corrected chi connectivity index (χ3v) is 3.80. The molecule has 0 N–H and O–H groups in total. The third kappa shape index (κ3) is 5.70. The van der Waals surface area contributed by atoms with Crippen molar-refractivity contribution in [1.29, 1.82) is 0 Å². The molecule has 0 amide bonds. The molecule has 0 bridgehead atoms. The topological polar surface area (TPSA) is 61.8 Å². The van der Waals surface area contributed by atoms with E-state index in [2.05, 4.69) is 31.9 Å². The van der Waals surface area contributed by atoms with Crippen molar-refractivity contribution < 1.29 is 23.8 Å². The van der Waals surface area contributed by atoms with Gasteiger partial charge in [-0.3, -0.25) is 0 Å². The lowest BCUT2D eigenvalue weighted by molar-refractivity contribution is -0.176. The second-order valence-electron chi connectivity index (χ2n) is 4.21. The number of hydrogen-bond donors (Lipinski definition) is 0. The Balaban J connectivity index is 2.91. The van der Waals surface area contributed by atoms with Gasteiger partial charge in [-0.05, 0) is 31.5 Å². The maximum Gasteiger partial charge on any atom is 0.347 e. The summed E-state index contributed by atoms with van der Waals surface area (Å²) in [5.41, 5.74) is 0.832. The lowest BCUT2D eigenvalue weighted by atomic mass is 10.1. The van der Waals surface area contributed by atoms with Crippen molar-refractivity contribution in [1.82, 2.24) is 0 Å². The van der Waals surface area contributed by atoms with Gasteiger partial charge < -0.3 is 14.2 Å². The van der Waals surface area contributed by atoms with E-state index in [9.17, 15) is 9.59 Å². The Morgan fingerprint density at radius 3 is 1.95 bits per heavy atom. The van der Waals surface area contributed by atoms with Crippen LogP contribution in [0.15, 0.2) is 28.7 Å². The van der Waals surface area contributed by atoms with Crippen molar-refractivity contribution in [3.8, 4) is 0 Å². The van der Waals surface area contributed by atoms with Gasteiger partial charge in [0.05, 0.1) is 19.3 Å². The van der Waals surface area contributed by atoms with Crippen molar-refractivity contribution in [3.05, 3.63) is 34.3 Å². The smallest absolute Gasteiger partial charge is 0.347 e. The Bertz CT molecular complexity index is 471. The van der Waals surface area contributed by atoms with Gasteiger partial charge in [-0.25, -0.2) is 9.59 Å². The van der Waals surface area contributed by atoms with Gasteiger partial charge in [0.1, 0.15) is 0 Å². The van der Waals surface area contributed by atoms with Gasteiger partial charge in [0.15, 0.2) is 0 Å². The van der Waals surface area contributed by atoms with Crippen molar-refractivity contribution >= 4 is 43.8 Å². The summed E-state index contributed by atoms with van der Waals surface area (Å²) < 4.78 is 16.3. The fourth-order valence-corrected chi connectivity index (χ4v) is 2.48. The van der Waals surface area contributed by atoms with E-state index in [1.807, 2.05) is 24.3 Å². The normalized spacial score (nSPS) is 12.0. The van der Waals surface area contributed by atoms with Crippen molar-refractivity contribution in [2.75, 3.05) is 18.5 Å². The molecule has 0 saturated heterocycles. The van der Waals surface area contributed by atoms with Crippen LogP contribution in [0.2, 0.25) is 0 Å². The number of alkyl halides is 1. The van der Waals surface area contributed by atoms with E-state index in [1.54, 1.807) is 13.8 Å². The van der Waals surface area contributed by atoms with Crippen LogP contribution in [0.25, 0.3) is 0 Å². The molecule has 0 fully saturated rings. The van der Waals surface area contributed by atoms with Crippen molar-refractivity contribution in [3.63, 3.8) is 0 Å². The number of rotatable bonds is 8. The van der Waals surface area contributed by atoms with Crippen LogP contribution in [0.3, 0.4) is 0 Å². The van der Waals surface area contributed by atoms with Crippen LogP contribution in [-0.2, 0) is 23.8 Å². The van der Waals surface area contributed by atoms with E-state index in [0.717, 1.165) is 10.0 Å². The van der Waals surface area contributed by atoms with E-state index in [0.29, 0.717) is 5.33 Å². The number of halogens is 2. The van der Waals surface area contributed by atoms with Crippen LogP contribution in [0, 0.1) is 0 Å². The van der Waals surface area contributed by atoms with E-state index in [-0.39, 0.29) is 13.2 Å². The minimum atomic E-state index is -1.40. The molecule has 0 spiro atoms. The molecule has 5 nitrogen and oxygen atoms in total. The van der Waals surface area contributed by atoms with Crippen LogP contribution >= 0.6 is 31.9 Å². The summed E-state index contributed by atoms with van der Waals surface area (Å²) in [6.07, 6.45) is -1.88. The third-order valence-electron chi connectivity index (χ3n) is 2.68. The van der Waals surface area contributed by atoms with Crippen LogP contribution in [0.5, 0.6) is 0 Å². The van der Waals surface area contributed by atoms with Crippen LogP contribution in [0.1, 0.15) is 25.5 Å². The molecular weight excluding hydrogens is 420 g/mol. The second kappa shape index (κ2) is 9.97. The van der Waals surface area contributed by atoms with Gasteiger partial charge in [0.25, 0.3) is 6.10 Å². The largest absolute Gasteiger partial charge is 0.464 e. The monoisotopic (exact) mass is 436 g/mol. The number of carbonyl (C=O) groups excluding carboxylic acids is 2. The summed E-state index contributed by atoms with van der Waals surface area (Å²) in [4.78, 5) is 23.9. The summed E-state index contributed by atoms with van der Waals surface area (Å²) in [5, 5.41) is 0.421. The number of esters is 2. The highest BCUT2D eigenvalue weighted by atomic mass is 79.9. The zero-order chi connectivity index (χ0) is 16.5. The molecule has 0 saturated carbocycles. The quantitative estimate of drug-likeness (QED) is 0.354. The molecule has 0 aromatic heterocycles. The molecule has 7 heteroatoms. The molecule has 0 radical (unpaired) electrons. The fourth-order valence-electron chi connectivity index (χ4n) is 1.69. The Hall–Kier alpha value is -0.920. The van der Waals surface area contributed by atoms with E-state index >= 15 is 0 Å². The lowest BCUT2D eigenvalue weighted by Gasteiger charge is -2.21. The first kappa shape index (κ1) is 19.1. The predicted molar refractivity (Wildman–Crippen MR) is 88.8 cm³/mol. The number of carbonyl (C=O) groups is 2. The highest BCUT2D eigenvalue weighted by molar-refractivity contribution is 9.10. The molecule has 22 heavy (non-hydrogen) atoms. The fraction of sp³-hybridized carbons (Fsp3) is 0.467. The summed E-state index contributed by atoms with van der Waals surface area (Å²) in [5.74, 6) is -1.49. The Morgan fingerprint density at radius 1 is 1.05 bits per heavy atom. The highest BCUT2D eigenvalue weighted by Gasteiger charge is 2.33. The predicted octanol–water partition coefficient (Wildman–Crippen LogP) is 3.40. The van der Waals surface area contributed by atoms with Crippen LogP contribution in [0.4, 0.5) is 0 Å². The zero-order valence-electron chi connectivity index (χ0n) is 12.4. The van der Waals surface area contributed by atoms with E-state index in [4.69, 9.17) is 14.2 Å². The standard InChI is InChI=1S/C15H18Br2O5/c1-3-20-14(18)13(15(19)21-4-2)22-12(9-16)10-5-7-11(17)8-6-10/h5-8,12-13H,3-4,9H2,1-2H3. The maximum atomic E-state index is 11.9. The Morgan fingerprint density at radius 2 is 1.55 bits per heavy atom. The van der Waals surface area contributed by atoms with E-state index < -0.39 is 24.1 Å².